The minimum absolute atomic E-state index is 0.190. The Labute approximate surface area is 120 Å². The second-order valence-electron chi connectivity index (χ2n) is 5.21. The molecule has 0 aromatic heterocycles. The highest BCUT2D eigenvalue weighted by Gasteiger charge is 2.26. The zero-order chi connectivity index (χ0) is 13.7. The molecule has 1 aliphatic carbocycles. The van der Waals surface area contributed by atoms with Crippen LogP contribution in [0.2, 0.25) is 5.02 Å². The fourth-order valence-corrected chi connectivity index (χ4v) is 2.82. The maximum Gasteiger partial charge on any atom is 0.120 e. The Kier molecular flexibility index (Phi) is 5.49. The largest absolute Gasteiger partial charge is 0.492 e. The lowest BCUT2D eigenvalue weighted by atomic mass is 9.92. The molecule has 2 unspecified atom stereocenters. The molecule has 2 rings (SSSR count). The lowest BCUT2D eigenvalue weighted by Gasteiger charge is -2.35. The Hall–Kier alpha value is -0.770. The van der Waals surface area contributed by atoms with Crippen LogP contribution in [0.25, 0.3) is 0 Å². The Morgan fingerprint density at radius 1 is 1.37 bits per heavy atom. The summed E-state index contributed by atoms with van der Waals surface area (Å²) in [6.45, 7) is 1.42. The molecule has 2 atom stereocenters. The molecule has 19 heavy (non-hydrogen) atoms. The van der Waals surface area contributed by atoms with Crippen molar-refractivity contribution >= 4 is 11.6 Å². The van der Waals surface area contributed by atoms with Gasteiger partial charge in [-0.15, -0.1) is 0 Å². The van der Waals surface area contributed by atoms with Gasteiger partial charge in [-0.2, -0.15) is 0 Å². The zero-order valence-electron chi connectivity index (χ0n) is 11.4. The molecule has 4 heteroatoms. The van der Waals surface area contributed by atoms with Gasteiger partial charge in [0.1, 0.15) is 12.4 Å². The lowest BCUT2D eigenvalue weighted by Crippen LogP contribution is -2.44. The first-order valence-corrected chi connectivity index (χ1v) is 7.31. The van der Waals surface area contributed by atoms with Crippen LogP contribution in [0.4, 0.5) is 0 Å². The van der Waals surface area contributed by atoms with Gasteiger partial charge >= 0.3 is 0 Å². The van der Waals surface area contributed by atoms with E-state index in [0.29, 0.717) is 11.6 Å². The summed E-state index contributed by atoms with van der Waals surface area (Å²) in [6, 6.07) is 7.71. The number of nitrogens with zero attached hydrogens (tertiary/aromatic N) is 1. The molecule has 1 N–H and O–H groups in total. The number of halogens is 1. The van der Waals surface area contributed by atoms with E-state index in [1.807, 2.05) is 24.3 Å². The minimum Gasteiger partial charge on any atom is -0.492 e. The molecule has 0 heterocycles. The van der Waals surface area contributed by atoms with Gasteiger partial charge in [-0.3, -0.25) is 4.90 Å². The third kappa shape index (κ3) is 4.37. The quantitative estimate of drug-likeness (QED) is 0.902. The molecule has 1 aromatic carbocycles. The summed E-state index contributed by atoms with van der Waals surface area (Å²) in [6.07, 6.45) is 4.16. The molecule has 0 amide bonds. The highest BCUT2D eigenvalue weighted by Crippen LogP contribution is 2.22. The third-order valence-corrected chi connectivity index (χ3v) is 4.00. The number of aliphatic hydroxyl groups excluding tert-OH is 1. The molecular weight excluding hydrogens is 262 g/mol. The molecule has 0 bridgehead atoms. The van der Waals surface area contributed by atoms with Crippen LogP contribution >= 0.6 is 11.6 Å². The predicted octanol–water partition coefficient (Wildman–Crippen LogP) is 2.95. The lowest BCUT2D eigenvalue weighted by molar-refractivity contribution is 0.0272. The van der Waals surface area contributed by atoms with Crippen molar-refractivity contribution in [3.05, 3.63) is 29.3 Å². The molecule has 1 fully saturated rings. The number of benzene rings is 1. The van der Waals surface area contributed by atoms with Crippen molar-refractivity contribution in [1.29, 1.82) is 0 Å². The number of likely N-dealkylation sites (N-methyl/N-ethyl adjacent to an activating group) is 1. The van der Waals surface area contributed by atoms with Crippen LogP contribution in [0.5, 0.6) is 5.75 Å². The first-order valence-electron chi connectivity index (χ1n) is 6.93. The van der Waals surface area contributed by atoms with Gasteiger partial charge in [0.2, 0.25) is 0 Å². The van der Waals surface area contributed by atoms with Crippen LogP contribution in [-0.4, -0.2) is 42.4 Å². The fourth-order valence-electron chi connectivity index (χ4n) is 2.64. The van der Waals surface area contributed by atoms with E-state index in [1.54, 1.807) is 0 Å². The normalized spacial score (nSPS) is 23.6. The van der Waals surface area contributed by atoms with Crippen LogP contribution < -0.4 is 4.74 Å². The van der Waals surface area contributed by atoms with Crippen LogP contribution in [0.3, 0.4) is 0 Å². The topological polar surface area (TPSA) is 32.7 Å². The first-order chi connectivity index (χ1) is 9.16. The van der Waals surface area contributed by atoms with Gasteiger partial charge in [0.15, 0.2) is 0 Å². The van der Waals surface area contributed by atoms with E-state index in [1.165, 1.54) is 6.42 Å². The molecule has 0 radical (unpaired) electrons. The monoisotopic (exact) mass is 283 g/mol. The van der Waals surface area contributed by atoms with Crippen LogP contribution in [0, 0.1) is 0 Å². The number of ether oxygens (including phenoxy) is 1. The Morgan fingerprint density at radius 2 is 2.16 bits per heavy atom. The zero-order valence-corrected chi connectivity index (χ0v) is 12.1. The van der Waals surface area contributed by atoms with Gasteiger partial charge < -0.3 is 9.84 Å². The average molecular weight is 284 g/mol. The van der Waals surface area contributed by atoms with Crippen LogP contribution in [0.1, 0.15) is 25.7 Å². The van der Waals surface area contributed by atoms with Crippen molar-refractivity contribution < 1.29 is 9.84 Å². The van der Waals surface area contributed by atoms with E-state index in [2.05, 4.69) is 11.9 Å². The predicted molar refractivity (Wildman–Crippen MR) is 77.8 cm³/mol. The van der Waals surface area contributed by atoms with E-state index in [0.717, 1.165) is 31.6 Å². The van der Waals surface area contributed by atoms with E-state index in [4.69, 9.17) is 16.3 Å². The molecule has 3 nitrogen and oxygen atoms in total. The molecule has 0 aliphatic heterocycles. The molecule has 1 saturated carbocycles. The summed E-state index contributed by atoms with van der Waals surface area (Å²) in [7, 11) is 2.06. The Balaban J connectivity index is 1.75. The van der Waals surface area contributed by atoms with Crippen LogP contribution in [-0.2, 0) is 0 Å². The first kappa shape index (κ1) is 14.6. The summed E-state index contributed by atoms with van der Waals surface area (Å²) in [4.78, 5) is 2.20. The second kappa shape index (κ2) is 7.13. The van der Waals surface area contributed by atoms with Gasteiger partial charge in [0, 0.05) is 17.6 Å². The van der Waals surface area contributed by atoms with E-state index < -0.39 is 0 Å². The van der Waals surface area contributed by atoms with Crippen molar-refractivity contribution in [2.24, 2.45) is 0 Å². The van der Waals surface area contributed by atoms with Crippen molar-refractivity contribution in [2.45, 2.75) is 37.8 Å². The van der Waals surface area contributed by atoms with Gasteiger partial charge in [0.25, 0.3) is 0 Å². The fraction of sp³-hybridized carbons (Fsp3) is 0.600. The number of rotatable bonds is 5. The molecule has 0 spiro atoms. The third-order valence-electron chi connectivity index (χ3n) is 3.77. The number of hydrogen-bond acceptors (Lipinski definition) is 3. The summed E-state index contributed by atoms with van der Waals surface area (Å²) in [5.41, 5.74) is 0. The van der Waals surface area contributed by atoms with E-state index in [9.17, 15) is 5.11 Å². The average Bonchev–Trinajstić information content (AvgIpc) is 2.39. The molecular formula is C15H22ClNO2. The smallest absolute Gasteiger partial charge is 0.120 e. The van der Waals surface area contributed by atoms with E-state index >= 15 is 0 Å². The van der Waals surface area contributed by atoms with Crippen LogP contribution in [0.15, 0.2) is 24.3 Å². The summed E-state index contributed by atoms with van der Waals surface area (Å²) < 4.78 is 5.68. The second-order valence-corrected chi connectivity index (χ2v) is 5.64. The maximum absolute atomic E-state index is 9.99. The van der Waals surface area contributed by atoms with E-state index in [-0.39, 0.29) is 12.1 Å². The van der Waals surface area contributed by atoms with Gasteiger partial charge in [0.05, 0.1) is 6.10 Å². The van der Waals surface area contributed by atoms with Crippen molar-refractivity contribution in [3.8, 4) is 5.75 Å². The number of aliphatic hydroxyl groups is 1. The highest BCUT2D eigenvalue weighted by molar-refractivity contribution is 6.30. The van der Waals surface area contributed by atoms with Crippen molar-refractivity contribution in [3.63, 3.8) is 0 Å². The van der Waals surface area contributed by atoms with Crippen molar-refractivity contribution in [1.82, 2.24) is 4.90 Å². The van der Waals surface area contributed by atoms with Crippen molar-refractivity contribution in [2.75, 3.05) is 20.2 Å². The minimum atomic E-state index is -0.190. The molecule has 0 saturated heterocycles. The molecule has 106 valence electrons. The standard InChI is InChI=1S/C15H22ClNO2/c1-17(14-7-2-3-8-15(14)18)9-10-19-13-6-4-5-12(16)11-13/h4-6,11,14-15,18H,2-3,7-10H2,1H3. The summed E-state index contributed by atoms with van der Waals surface area (Å²) in [5, 5.41) is 10.7. The van der Waals surface area contributed by atoms with Gasteiger partial charge in [-0.25, -0.2) is 0 Å². The molecule has 1 aromatic rings. The maximum atomic E-state index is 9.99. The Bertz CT molecular complexity index is 399. The van der Waals surface area contributed by atoms with Gasteiger partial charge in [-0.1, -0.05) is 30.5 Å². The Morgan fingerprint density at radius 3 is 2.89 bits per heavy atom. The SMILES string of the molecule is CN(CCOc1cccc(Cl)c1)C1CCCCC1O. The summed E-state index contributed by atoms with van der Waals surface area (Å²) in [5.74, 6) is 0.796. The number of hydrogen-bond donors (Lipinski definition) is 1. The van der Waals surface area contributed by atoms with Gasteiger partial charge in [-0.05, 0) is 38.1 Å². The summed E-state index contributed by atoms with van der Waals surface area (Å²) >= 11 is 5.90. The highest BCUT2D eigenvalue weighted by atomic mass is 35.5. The molecule has 1 aliphatic rings.